The Hall–Kier alpha value is -1.80. The Morgan fingerprint density at radius 2 is 1.71 bits per heavy atom. The summed E-state index contributed by atoms with van der Waals surface area (Å²) in [5.41, 5.74) is 4.33. The van der Waals surface area contributed by atoms with Crippen molar-refractivity contribution in [1.29, 1.82) is 0 Å². The Balaban J connectivity index is 1.73. The van der Waals surface area contributed by atoms with Crippen molar-refractivity contribution in [3.63, 3.8) is 0 Å². The molecule has 2 bridgehead atoms. The van der Waals surface area contributed by atoms with Crippen LogP contribution in [0.4, 0.5) is 0 Å². The second-order valence-corrected chi connectivity index (χ2v) is 6.51. The number of hydrogen-bond donors (Lipinski definition) is 0. The van der Waals surface area contributed by atoms with Gasteiger partial charge in [0.25, 0.3) is 0 Å². The molecule has 2 aromatic rings. The van der Waals surface area contributed by atoms with Gasteiger partial charge >= 0.3 is 0 Å². The van der Waals surface area contributed by atoms with Crippen molar-refractivity contribution >= 4 is 0 Å². The summed E-state index contributed by atoms with van der Waals surface area (Å²) in [5, 5.41) is 0. The van der Waals surface area contributed by atoms with Gasteiger partial charge in [-0.2, -0.15) is 0 Å². The predicted octanol–water partition coefficient (Wildman–Crippen LogP) is 4.18. The van der Waals surface area contributed by atoms with E-state index in [0.29, 0.717) is 17.8 Å². The first-order valence-corrected chi connectivity index (χ1v) is 7.74. The fourth-order valence-corrected chi connectivity index (χ4v) is 4.89. The molecule has 2 aromatic carbocycles. The summed E-state index contributed by atoms with van der Waals surface area (Å²) in [7, 11) is 1.80. The molecule has 5 rings (SSSR count). The monoisotopic (exact) mass is 278 g/mol. The van der Waals surface area contributed by atoms with Crippen molar-refractivity contribution in [3.05, 3.63) is 65.2 Å². The Bertz CT molecular complexity index is 723. The maximum absolute atomic E-state index is 6.34. The average molecular weight is 278 g/mol. The third kappa shape index (κ3) is 1.36. The highest BCUT2D eigenvalue weighted by molar-refractivity contribution is 5.51. The van der Waals surface area contributed by atoms with Gasteiger partial charge in [-0.15, -0.1) is 0 Å². The van der Waals surface area contributed by atoms with Crippen molar-refractivity contribution in [2.24, 2.45) is 0 Å². The van der Waals surface area contributed by atoms with E-state index >= 15 is 0 Å². The van der Waals surface area contributed by atoms with Crippen LogP contribution in [0, 0.1) is 0 Å². The lowest BCUT2D eigenvalue weighted by Gasteiger charge is -2.41. The summed E-state index contributed by atoms with van der Waals surface area (Å²) < 4.78 is 12.3. The van der Waals surface area contributed by atoms with E-state index in [4.69, 9.17) is 9.47 Å². The molecule has 0 unspecified atom stereocenters. The summed E-state index contributed by atoms with van der Waals surface area (Å²) in [6.45, 7) is 0. The quantitative estimate of drug-likeness (QED) is 0.779. The summed E-state index contributed by atoms with van der Waals surface area (Å²) in [6.07, 6.45) is 2.18. The van der Waals surface area contributed by atoms with E-state index in [2.05, 4.69) is 42.5 Å². The van der Waals surface area contributed by atoms with Gasteiger partial charge in [-0.3, -0.25) is 0 Å². The fourth-order valence-electron chi connectivity index (χ4n) is 4.89. The second kappa shape index (κ2) is 3.89. The van der Waals surface area contributed by atoms with Gasteiger partial charge in [-0.05, 0) is 35.4 Å². The van der Waals surface area contributed by atoms with Crippen LogP contribution >= 0.6 is 0 Å². The number of benzene rings is 2. The SMILES string of the molecule is CO[C@]12C[C@H]3C[C@H](c4ccccc43)[C@@H]1c1ccccc1O2. The van der Waals surface area contributed by atoms with Gasteiger partial charge in [-0.1, -0.05) is 42.5 Å². The van der Waals surface area contributed by atoms with Crippen LogP contribution in [0.1, 0.15) is 47.3 Å². The third-order valence-corrected chi connectivity index (χ3v) is 5.66. The smallest absolute Gasteiger partial charge is 0.218 e. The average Bonchev–Trinajstić information content (AvgIpc) is 3.03. The van der Waals surface area contributed by atoms with Gasteiger partial charge in [0.1, 0.15) is 5.75 Å². The van der Waals surface area contributed by atoms with Crippen molar-refractivity contribution in [1.82, 2.24) is 0 Å². The minimum absolute atomic E-state index is 0.318. The van der Waals surface area contributed by atoms with Gasteiger partial charge in [0.2, 0.25) is 5.79 Å². The van der Waals surface area contributed by atoms with Gasteiger partial charge in [-0.25, -0.2) is 0 Å². The first-order valence-electron chi connectivity index (χ1n) is 7.74. The van der Waals surface area contributed by atoms with Gasteiger partial charge in [0.05, 0.1) is 5.92 Å². The van der Waals surface area contributed by atoms with E-state index < -0.39 is 5.79 Å². The summed E-state index contributed by atoms with van der Waals surface area (Å²) >= 11 is 0. The molecule has 106 valence electrons. The summed E-state index contributed by atoms with van der Waals surface area (Å²) in [5.74, 6) is 1.93. The van der Waals surface area contributed by atoms with Crippen molar-refractivity contribution in [3.8, 4) is 5.75 Å². The molecule has 1 aliphatic heterocycles. The standard InChI is InChI=1S/C19H18O2/c1-20-19-11-12-10-16(14-7-3-2-6-13(12)14)18(19)15-8-4-5-9-17(15)21-19/h2-9,12,16,18H,10-11H2,1H3/t12-,16-,18+,19+/m1/s1. The zero-order chi connectivity index (χ0) is 14.0. The fraction of sp³-hybridized carbons (Fsp3) is 0.368. The maximum atomic E-state index is 6.34. The third-order valence-electron chi connectivity index (χ3n) is 5.66. The topological polar surface area (TPSA) is 18.5 Å². The number of para-hydroxylation sites is 1. The minimum atomic E-state index is -0.476. The minimum Gasteiger partial charge on any atom is -0.461 e. The van der Waals surface area contributed by atoms with Crippen LogP contribution in [0.15, 0.2) is 48.5 Å². The Kier molecular flexibility index (Phi) is 2.19. The number of methoxy groups -OCH3 is 1. The molecule has 0 amide bonds. The van der Waals surface area contributed by atoms with Crippen molar-refractivity contribution < 1.29 is 9.47 Å². The van der Waals surface area contributed by atoms with E-state index in [-0.39, 0.29) is 0 Å². The number of fused-ring (bicyclic) bond motifs is 9. The highest BCUT2D eigenvalue weighted by atomic mass is 16.7. The summed E-state index contributed by atoms with van der Waals surface area (Å²) in [6, 6.07) is 17.4. The van der Waals surface area contributed by atoms with Crippen LogP contribution in [0.5, 0.6) is 5.75 Å². The van der Waals surface area contributed by atoms with Crippen molar-refractivity contribution in [2.45, 2.75) is 36.4 Å². The lowest BCUT2D eigenvalue weighted by molar-refractivity contribution is -0.186. The van der Waals surface area contributed by atoms with Crippen LogP contribution in [-0.2, 0) is 4.74 Å². The molecule has 1 saturated carbocycles. The molecule has 3 aliphatic rings. The maximum Gasteiger partial charge on any atom is 0.218 e. The van der Waals surface area contributed by atoms with Crippen LogP contribution in [0.3, 0.4) is 0 Å². The zero-order valence-corrected chi connectivity index (χ0v) is 12.1. The molecule has 2 heteroatoms. The molecule has 1 heterocycles. The lowest BCUT2D eigenvalue weighted by Crippen LogP contribution is -2.45. The molecule has 0 aromatic heterocycles. The molecular weight excluding hydrogens is 260 g/mol. The Morgan fingerprint density at radius 3 is 2.52 bits per heavy atom. The molecule has 1 fully saturated rings. The first kappa shape index (κ1) is 11.8. The number of hydrogen-bond acceptors (Lipinski definition) is 2. The highest BCUT2D eigenvalue weighted by Crippen LogP contribution is 2.64. The van der Waals surface area contributed by atoms with Crippen molar-refractivity contribution in [2.75, 3.05) is 7.11 Å². The Morgan fingerprint density at radius 1 is 1.00 bits per heavy atom. The molecular formula is C19H18O2. The van der Waals surface area contributed by atoms with E-state index in [1.165, 1.54) is 23.1 Å². The molecule has 0 spiro atoms. The van der Waals surface area contributed by atoms with E-state index in [9.17, 15) is 0 Å². The molecule has 2 nitrogen and oxygen atoms in total. The zero-order valence-electron chi connectivity index (χ0n) is 12.1. The molecule has 0 saturated heterocycles. The van der Waals surface area contributed by atoms with Gasteiger partial charge in [0, 0.05) is 19.1 Å². The van der Waals surface area contributed by atoms with Crippen LogP contribution in [0.2, 0.25) is 0 Å². The predicted molar refractivity (Wildman–Crippen MR) is 80.7 cm³/mol. The van der Waals surface area contributed by atoms with Crippen LogP contribution in [-0.4, -0.2) is 12.9 Å². The Labute approximate surface area is 124 Å². The molecule has 0 N–H and O–H groups in total. The van der Waals surface area contributed by atoms with E-state index in [1.807, 2.05) is 6.07 Å². The number of rotatable bonds is 1. The van der Waals surface area contributed by atoms with Crippen LogP contribution in [0.25, 0.3) is 0 Å². The van der Waals surface area contributed by atoms with Gasteiger partial charge in [0.15, 0.2) is 0 Å². The lowest BCUT2D eigenvalue weighted by atomic mass is 9.71. The molecule has 21 heavy (non-hydrogen) atoms. The van der Waals surface area contributed by atoms with Crippen LogP contribution < -0.4 is 4.74 Å². The normalized spacial score (nSPS) is 34.8. The first-order chi connectivity index (χ1) is 10.3. The molecule has 0 radical (unpaired) electrons. The van der Waals surface area contributed by atoms with E-state index in [0.717, 1.165) is 12.2 Å². The molecule has 2 aliphatic carbocycles. The number of ether oxygens (including phenoxy) is 2. The molecule has 4 atom stereocenters. The summed E-state index contributed by atoms with van der Waals surface area (Å²) in [4.78, 5) is 0. The largest absolute Gasteiger partial charge is 0.461 e. The second-order valence-electron chi connectivity index (χ2n) is 6.51. The van der Waals surface area contributed by atoms with E-state index in [1.54, 1.807) is 7.11 Å². The highest BCUT2D eigenvalue weighted by Gasteiger charge is 2.60. The van der Waals surface area contributed by atoms with Gasteiger partial charge < -0.3 is 9.47 Å².